The summed E-state index contributed by atoms with van der Waals surface area (Å²) >= 11 is 0. The summed E-state index contributed by atoms with van der Waals surface area (Å²) in [5, 5.41) is 22.0. The van der Waals surface area contributed by atoms with E-state index in [9.17, 15) is 15.0 Å². The maximum absolute atomic E-state index is 11.4. The lowest BCUT2D eigenvalue weighted by Gasteiger charge is -2.19. The second-order valence-electron chi connectivity index (χ2n) is 10.1. The highest BCUT2D eigenvalue weighted by molar-refractivity contribution is 5.75. The van der Waals surface area contributed by atoms with Gasteiger partial charge in [-0.15, -0.1) is 0 Å². The topological polar surface area (TPSA) is 69.6 Å². The van der Waals surface area contributed by atoms with Crippen molar-refractivity contribution in [3.05, 3.63) is 24.3 Å². The Morgan fingerprint density at radius 2 is 1.09 bits per heavy atom. The Labute approximate surface area is 218 Å². The van der Waals surface area contributed by atoms with E-state index in [-0.39, 0.29) is 12.5 Å². The number of amides is 1. The zero-order valence-electron chi connectivity index (χ0n) is 23.3. The van der Waals surface area contributed by atoms with Crippen LogP contribution in [0.3, 0.4) is 0 Å². The summed E-state index contributed by atoms with van der Waals surface area (Å²) in [6, 6.07) is -0.631. The Hall–Kier alpha value is -1.13. The molecule has 0 aromatic carbocycles. The average molecular weight is 494 g/mol. The van der Waals surface area contributed by atoms with Crippen LogP contribution in [0.4, 0.5) is 0 Å². The quantitative estimate of drug-likeness (QED) is 0.0840. The zero-order valence-corrected chi connectivity index (χ0v) is 23.3. The summed E-state index contributed by atoms with van der Waals surface area (Å²) < 4.78 is 0. The van der Waals surface area contributed by atoms with Gasteiger partial charge in [-0.2, -0.15) is 0 Å². The summed E-state index contributed by atoms with van der Waals surface area (Å²) in [5.41, 5.74) is 0. The molecule has 0 saturated carbocycles. The fourth-order valence-electron chi connectivity index (χ4n) is 4.33. The van der Waals surface area contributed by atoms with Crippen LogP contribution < -0.4 is 5.32 Å². The van der Waals surface area contributed by atoms with Crippen LogP contribution >= 0.6 is 0 Å². The van der Waals surface area contributed by atoms with E-state index >= 15 is 0 Å². The Balaban J connectivity index is 3.39. The largest absolute Gasteiger partial charge is 0.394 e. The van der Waals surface area contributed by atoms with Crippen molar-refractivity contribution >= 4 is 5.91 Å². The number of rotatable bonds is 26. The Kier molecular flexibility index (Phi) is 26.6. The van der Waals surface area contributed by atoms with Crippen LogP contribution in [0.5, 0.6) is 0 Å². The second kappa shape index (κ2) is 27.5. The number of carbonyl (C=O) groups excluding carboxylic acids is 1. The molecule has 2 atom stereocenters. The predicted molar refractivity (Wildman–Crippen MR) is 152 cm³/mol. The molecule has 0 spiro atoms. The van der Waals surface area contributed by atoms with Gasteiger partial charge in [-0.05, 0) is 25.7 Å². The molecule has 0 saturated heterocycles. The predicted octanol–water partition coefficient (Wildman–Crippen LogP) is 8.17. The first-order chi connectivity index (χ1) is 17.2. The normalized spacial score (nSPS) is 13.6. The van der Waals surface area contributed by atoms with Gasteiger partial charge in [-0.25, -0.2) is 0 Å². The number of allylic oxidation sites excluding steroid dienone is 3. The van der Waals surface area contributed by atoms with Gasteiger partial charge in [0.1, 0.15) is 0 Å². The number of aliphatic hydroxyl groups excluding tert-OH is 2. The molecule has 0 aliphatic heterocycles. The number of hydrogen-bond acceptors (Lipinski definition) is 3. The molecule has 0 aromatic heterocycles. The van der Waals surface area contributed by atoms with E-state index in [4.69, 9.17) is 0 Å². The molecular weight excluding hydrogens is 434 g/mol. The van der Waals surface area contributed by atoms with Gasteiger partial charge in [-0.3, -0.25) is 4.79 Å². The first kappa shape index (κ1) is 33.9. The minimum absolute atomic E-state index is 0.163. The molecular formula is C31H59NO3. The van der Waals surface area contributed by atoms with Crippen LogP contribution in [-0.2, 0) is 4.79 Å². The number of hydrogen-bond donors (Lipinski definition) is 3. The third-order valence-corrected chi connectivity index (χ3v) is 6.75. The molecule has 1 amide bonds. The molecule has 0 rings (SSSR count). The third-order valence-electron chi connectivity index (χ3n) is 6.75. The van der Waals surface area contributed by atoms with Crippen molar-refractivity contribution in [1.82, 2.24) is 5.32 Å². The maximum atomic E-state index is 11.4. The van der Waals surface area contributed by atoms with Gasteiger partial charge in [0.25, 0.3) is 0 Å². The molecule has 0 fully saturated rings. The van der Waals surface area contributed by atoms with Gasteiger partial charge in [0.15, 0.2) is 0 Å². The van der Waals surface area contributed by atoms with E-state index in [0.29, 0.717) is 6.42 Å². The molecule has 35 heavy (non-hydrogen) atoms. The summed E-state index contributed by atoms with van der Waals surface area (Å²) in [4.78, 5) is 11.4. The average Bonchev–Trinajstić information content (AvgIpc) is 2.87. The van der Waals surface area contributed by atoms with E-state index in [1.807, 2.05) is 6.08 Å². The van der Waals surface area contributed by atoms with Crippen LogP contribution in [0.25, 0.3) is 0 Å². The van der Waals surface area contributed by atoms with E-state index in [0.717, 1.165) is 19.3 Å². The van der Waals surface area contributed by atoms with Crippen molar-refractivity contribution < 1.29 is 15.0 Å². The Morgan fingerprint density at radius 1 is 0.657 bits per heavy atom. The van der Waals surface area contributed by atoms with E-state index in [1.54, 1.807) is 13.0 Å². The minimum atomic E-state index is -0.852. The molecule has 0 aliphatic rings. The number of aliphatic hydroxyl groups is 2. The van der Waals surface area contributed by atoms with Crippen molar-refractivity contribution in [2.45, 2.75) is 161 Å². The fourth-order valence-corrected chi connectivity index (χ4v) is 4.33. The van der Waals surface area contributed by atoms with E-state index < -0.39 is 12.1 Å². The molecule has 3 N–H and O–H groups in total. The van der Waals surface area contributed by atoms with Crippen molar-refractivity contribution in [3.8, 4) is 0 Å². The minimum Gasteiger partial charge on any atom is -0.394 e. The first-order valence-electron chi connectivity index (χ1n) is 15.1. The number of carbonyl (C=O) groups is 1. The molecule has 2 unspecified atom stereocenters. The lowest BCUT2D eigenvalue weighted by Crippen LogP contribution is -2.44. The first-order valence-corrected chi connectivity index (χ1v) is 15.1. The Morgan fingerprint density at radius 3 is 1.54 bits per heavy atom. The van der Waals surface area contributed by atoms with Crippen LogP contribution in [0.15, 0.2) is 24.3 Å². The SMILES string of the molecule is CCCCCCCCCCCCCCCCCCC/C=C/CC/C=C/C(O)C(CO)NC(=O)CC. The molecule has 206 valence electrons. The van der Waals surface area contributed by atoms with Crippen LogP contribution in [-0.4, -0.2) is 34.9 Å². The van der Waals surface area contributed by atoms with Crippen LogP contribution in [0.1, 0.15) is 149 Å². The van der Waals surface area contributed by atoms with E-state index in [2.05, 4.69) is 24.4 Å². The molecule has 0 bridgehead atoms. The van der Waals surface area contributed by atoms with Crippen molar-refractivity contribution in [2.75, 3.05) is 6.61 Å². The molecule has 0 radical (unpaired) electrons. The fraction of sp³-hybridized carbons (Fsp3) is 0.839. The van der Waals surface area contributed by atoms with Gasteiger partial charge >= 0.3 is 0 Å². The Bertz CT molecular complexity index is 503. The molecule has 0 aromatic rings. The van der Waals surface area contributed by atoms with Gasteiger partial charge in [0.05, 0.1) is 18.8 Å². The van der Waals surface area contributed by atoms with Crippen LogP contribution in [0, 0.1) is 0 Å². The van der Waals surface area contributed by atoms with Gasteiger partial charge in [0, 0.05) is 6.42 Å². The summed E-state index contributed by atoms with van der Waals surface area (Å²) in [6.07, 6.45) is 34.5. The summed E-state index contributed by atoms with van der Waals surface area (Å²) in [6.45, 7) is 3.77. The highest BCUT2D eigenvalue weighted by atomic mass is 16.3. The highest BCUT2D eigenvalue weighted by Crippen LogP contribution is 2.14. The lowest BCUT2D eigenvalue weighted by atomic mass is 10.0. The molecule has 4 heteroatoms. The standard InChI is InChI=1S/C31H59NO3/c1-3-5-6-7-8-9-10-11-12-13-14-15-16-17-18-19-20-21-22-23-24-25-26-27-30(34)29(28-33)32-31(35)4-2/h22-23,26-27,29-30,33-34H,3-21,24-25,28H2,1-2H3,(H,32,35)/b23-22+,27-26+. The smallest absolute Gasteiger partial charge is 0.220 e. The summed E-state index contributed by atoms with van der Waals surface area (Å²) in [5.74, 6) is -0.163. The van der Waals surface area contributed by atoms with Crippen molar-refractivity contribution in [2.24, 2.45) is 0 Å². The zero-order chi connectivity index (χ0) is 25.8. The number of nitrogens with one attached hydrogen (secondary N) is 1. The number of unbranched alkanes of at least 4 members (excludes halogenated alkanes) is 18. The molecule has 0 heterocycles. The van der Waals surface area contributed by atoms with Gasteiger partial charge in [-0.1, -0.05) is 141 Å². The van der Waals surface area contributed by atoms with Crippen LogP contribution in [0.2, 0.25) is 0 Å². The van der Waals surface area contributed by atoms with E-state index in [1.165, 1.54) is 109 Å². The highest BCUT2D eigenvalue weighted by Gasteiger charge is 2.17. The lowest BCUT2D eigenvalue weighted by molar-refractivity contribution is -0.122. The summed E-state index contributed by atoms with van der Waals surface area (Å²) in [7, 11) is 0. The van der Waals surface area contributed by atoms with Crippen molar-refractivity contribution in [1.29, 1.82) is 0 Å². The molecule has 4 nitrogen and oxygen atoms in total. The maximum Gasteiger partial charge on any atom is 0.220 e. The van der Waals surface area contributed by atoms with Gasteiger partial charge in [0.2, 0.25) is 5.91 Å². The van der Waals surface area contributed by atoms with Crippen molar-refractivity contribution in [3.63, 3.8) is 0 Å². The monoisotopic (exact) mass is 493 g/mol. The van der Waals surface area contributed by atoms with Gasteiger partial charge < -0.3 is 15.5 Å². The molecule has 0 aliphatic carbocycles. The second-order valence-corrected chi connectivity index (χ2v) is 10.1. The third kappa shape index (κ3) is 24.3.